The van der Waals surface area contributed by atoms with Crippen LogP contribution in [0.4, 0.5) is 5.69 Å². The van der Waals surface area contributed by atoms with Crippen LogP contribution in [-0.4, -0.2) is 28.5 Å². The Kier molecular flexibility index (Phi) is 5.67. The van der Waals surface area contributed by atoms with E-state index in [-0.39, 0.29) is 28.9 Å². The number of anilines is 1. The lowest BCUT2D eigenvalue weighted by molar-refractivity contribution is -0.130. The first-order chi connectivity index (χ1) is 12.4. The fourth-order valence-corrected chi connectivity index (χ4v) is 4.28. The summed E-state index contributed by atoms with van der Waals surface area (Å²) < 4.78 is 0. The lowest BCUT2D eigenvalue weighted by atomic mass is 10.1. The maximum atomic E-state index is 12.5. The fraction of sp³-hybridized carbons (Fsp3) is 0.333. The van der Waals surface area contributed by atoms with Crippen molar-refractivity contribution in [3.05, 3.63) is 65.2 Å². The number of hydrogen-bond acceptors (Lipinski definition) is 3. The molecule has 1 aliphatic rings. The molecule has 1 saturated heterocycles. The molecule has 4 nitrogen and oxygen atoms in total. The third-order valence-corrected chi connectivity index (χ3v) is 5.92. The second-order valence-corrected chi connectivity index (χ2v) is 8.16. The molecule has 26 heavy (non-hydrogen) atoms. The Morgan fingerprint density at radius 2 is 1.62 bits per heavy atom. The molecule has 0 saturated carbocycles. The maximum absolute atomic E-state index is 12.5. The van der Waals surface area contributed by atoms with Crippen LogP contribution in [0.2, 0.25) is 0 Å². The minimum Gasteiger partial charge on any atom is -0.326 e. The number of aryl methyl sites for hydroxylation is 2. The van der Waals surface area contributed by atoms with Crippen LogP contribution in [0.3, 0.4) is 0 Å². The summed E-state index contributed by atoms with van der Waals surface area (Å²) >= 11 is 1.64. The normalized spacial score (nSPS) is 19.7. The number of nitrogens with zero attached hydrogens (tertiary/aromatic N) is 1. The predicted molar refractivity (Wildman–Crippen MR) is 107 cm³/mol. The summed E-state index contributed by atoms with van der Waals surface area (Å²) in [6, 6.07) is 16.0. The quantitative estimate of drug-likeness (QED) is 0.856. The maximum Gasteiger partial charge on any atom is 0.236 e. The molecule has 2 aromatic rings. The first kappa shape index (κ1) is 18.5. The highest BCUT2D eigenvalue weighted by Crippen LogP contribution is 2.42. The average Bonchev–Trinajstić information content (AvgIpc) is 2.90. The zero-order valence-corrected chi connectivity index (χ0v) is 16.2. The number of carbonyl (C=O) groups excluding carboxylic acids is 2. The molecule has 0 radical (unpaired) electrons. The molecule has 0 unspecified atom stereocenters. The molecule has 1 fully saturated rings. The van der Waals surface area contributed by atoms with Crippen LogP contribution in [0.5, 0.6) is 0 Å². The van der Waals surface area contributed by atoms with E-state index in [1.54, 1.807) is 11.8 Å². The van der Waals surface area contributed by atoms with Crippen molar-refractivity contribution in [3.63, 3.8) is 0 Å². The van der Waals surface area contributed by atoms with Crippen molar-refractivity contribution in [2.24, 2.45) is 0 Å². The van der Waals surface area contributed by atoms with Crippen molar-refractivity contribution in [2.75, 3.05) is 11.9 Å². The van der Waals surface area contributed by atoms with E-state index in [0.29, 0.717) is 6.54 Å². The minimum atomic E-state index is -0.0820. The third-order valence-electron chi connectivity index (χ3n) is 4.52. The predicted octanol–water partition coefficient (Wildman–Crippen LogP) is 4.29. The molecule has 2 atom stereocenters. The average molecular weight is 369 g/mol. The van der Waals surface area contributed by atoms with Gasteiger partial charge in [0.1, 0.15) is 5.37 Å². The summed E-state index contributed by atoms with van der Waals surface area (Å²) in [6.07, 6.45) is 0.287. The van der Waals surface area contributed by atoms with Gasteiger partial charge in [-0.25, -0.2) is 0 Å². The molecule has 0 bridgehead atoms. The van der Waals surface area contributed by atoms with E-state index in [9.17, 15) is 9.59 Å². The van der Waals surface area contributed by atoms with E-state index >= 15 is 0 Å². The molecule has 0 aromatic heterocycles. The van der Waals surface area contributed by atoms with E-state index in [4.69, 9.17) is 0 Å². The van der Waals surface area contributed by atoms with Gasteiger partial charge in [0.15, 0.2) is 0 Å². The van der Waals surface area contributed by atoms with Crippen molar-refractivity contribution in [3.8, 4) is 0 Å². The van der Waals surface area contributed by atoms with Crippen molar-refractivity contribution >= 4 is 29.3 Å². The molecule has 3 rings (SSSR count). The van der Waals surface area contributed by atoms with Gasteiger partial charge in [-0.15, -0.1) is 11.8 Å². The van der Waals surface area contributed by atoms with Crippen molar-refractivity contribution in [2.45, 2.75) is 37.8 Å². The highest BCUT2D eigenvalue weighted by atomic mass is 32.2. The van der Waals surface area contributed by atoms with Crippen LogP contribution in [-0.2, 0) is 9.59 Å². The van der Waals surface area contributed by atoms with Crippen LogP contribution in [0.25, 0.3) is 0 Å². The summed E-state index contributed by atoms with van der Waals surface area (Å²) in [5.74, 6) is 0.0255. The van der Waals surface area contributed by atoms with Gasteiger partial charge in [-0.3, -0.25) is 9.59 Å². The zero-order valence-electron chi connectivity index (χ0n) is 15.4. The van der Waals surface area contributed by atoms with E-state index in [0.717, 1.165) is 16.8 Å². The van der Waals surface area contributed by atoms with Gasteiger partial charge in [0.2, 0.25) is 11.8 Å². The van der Waals surface area contributed by atoms with Crippen LogP contribution in [0.1, 0.15) is 35.4 Å². The van der Waals surface area contributed by atoms with Gasteiger partial charge in [-0.2, -0.15) is 0 Å². The first-order valence-electron chi connectivity index (χ1n) is 8.83. The Hall–Kier alpha value is -2.27. The highest BCUT2D eigenvalue weighted by Gasteiger charge is 2.38. The van der Waals surface area contributed by atoms with Crippen molar-refractivity contribution in [1.29, 1.82) is 0 Å². The molecule has 1 aliphatic heterocycles. The van der Waals surface area contributed by atoms with Crippen molar-refractivity contribution < 1.29 is 9.59 Å². The SMILES string of the molecule is Cc1ccc(NC(=O)CCN2C(=O)[C@H](C)S[C@H]2c2ccc(C)cc2)cc1. The number of amides is 2. The smallest absolute Gasteiger partial charge is 0.236 e. The Balaban J connectivity index is 1.64. The number of nitrogens with one attached hydrogen (secondary N) is 1. The number of benzene rings is 2. The number of thioether (sulfide) groups is 1. The second kappa shape index (κ2) is 7.96. The molecular formula is C21H24N2O2S. The third kappa shape index (κ3) is 4.28. The molecule has 1 heterocycles. The summed E-state index contributed by atoms with van der Waals surface area (Å²) in [5, 5.41) is 2.79. The Bertz CT molecular complexity index is 787. The van der Waals surface area contributed by atoms with Gasteiger partial charge in [0.25, 0.3) is 0 Å². The summed E-state index contributed by atoms with van der Waals surface area (Å²) in [5.41, 5.74) is 4.24. The second-order valence-electron chi connectivity index (χ2n) is 6.74. The van der Waals surface area contributed by atoms with E-state index < -0.39 is 0 Å². The first-order valence-corrected chi connectivity index (χ1v) is 9.77. The number of carbonyl (C=O) groups is 2. The summed E-state index contributed by atoms with van der Waals surface area (Å²) in [4.78, 5) is 26.6. The monoisotopic (exact) mass is 368 g/mol. The molecule has 136 valence electrons. The van der Waals surface area contributed by atoms with Gasteiger partial charge in [-0.05, 0) is 38.5 Å². The van der Waals surface area contributed by atoms with Crippen LogP contribution in [0, 0.1) is 13.8 Å². The Morgan fingerprint density at radius 1 is 1.04 bits per heavy atom. The largest absolute Gasteiger partial charge is 0.326 e. The van der Waals surface area contributed by atoms with E-state index in [1.807, 2.05) is 49.9 Å². The molecule has 0 spiro atoms. The molecular weight excluding hydrogens is 344 g/mol. The van der Waals surface area contributed by atoms with Crippen LogP contribution in [0.15, 0.2) is 48.5 Å². The molecule has 2 aromatic carbocycles. The summed E-state index contributed by atoms with van der Waals surface area (Å²) in [7, 11) is 0. The van der Waals surface area contributed by atoms with E-state index in [2.05, 4.69) is 29.6 Å². The fourth-order valence-electron chi connectivity index (χ4n) is 2.97. The molecule has 0 aliphatic carbocycles. The standard InChI is InChI=1S/C21H24N2O2S/c1-14-4-8-17(9-5-14)21-23(20(25)16(3)26-21)13-12-19(24)22-18-10-6-15(2)7-11-18/h4-11,16,21H,12-13H2,1-3H3,(H,22,24)/t16-,21-/m0/s1. The Morgan fingerprint density at radius 3 is 2.23 bits per heavy atom. The summed E-state index contributed by atoms with van der Waals surface area (Å²) in [6.45, 7) is 6.41. The zero-order chi connectivity index (χ0) is 18.7. The number of hydrogen-bond donors (Lipinski definition) is 1. The number of rotatable bonds is 5. The molecule has 5 heteroatoms. The molecule has 2 amide bonds. The minimum absolute atomic E-state index is 0.0229. The van der Waals surface area contributed by atoms with Crippen molar-refractivity contribution in [1.82, 2.24) is 4.90 Å². The van der Waals surface area contributed by atoms with Gasteiger partial charge >= 0.3 is 0 Å². The lowest BCUT2D eigenvalue weighted by Gasteiger charge is -2.24. The Labute approximate surface area is 159 Å². The topological polar surface area (TPSA) is 49.4 Å². The van der Waals surface area contributed by atoms with E-state index in [1.165, 1.54) is 5.56 Å². The van der Waals surface area contributed by atoms with Crippen LogP contribution < -0.4 is 5.32 Å². The van der Waals surface area contributed by atoms with Gasteiger partial charge in [0.05, 0.1) is 5.25 Å². The van der Waals surface area contributed by atoms with Crippen LogP contribution >= 0.6 is 11.8 Å². The highest BCUT2D eigenvalue weighted by molar-refractivity contribution is 8.01. The van der Waals surface area contributed by atoms with Gasteiger partial charge in [-0.1, -0.05) is 47.5 Å². The van der Waals surface area contributed by atoms with Gasteiger partial charge in [0, 0.05) is 18.7 Å². The molecule has 1 N–H and O–H groups in total. The lowest BCUT2D eigenvalue weighted by Crippen LogP contribution is -2.33. The van der Waals surface area contributed by atoms with Gasteiger partial charge < -0.3 is 10.2 Å².